The van der Waals surface area contributed by atoms with Gasteiger partial charge in [-0.05, 0) is 110 Å². The standard InChI is InChI=1S/C29H46O/c1-20(19-30)9-7-10-21(2)23-12-13-24-22-11-14-26-27(3,4)16-8-17-29(26,6)25(22)15-18-28(23,24)5/h9,13,21,23,26,30H,7-8,10-12,14-19H2,1-6H3/t21-,23-,26?,28-,29-/m1/s1. The molecule has 4 aliphatic carbocycles. The van der Waals surface area contributed by atoms with E-state index in [1.165, 1.54) is 57.8 Å². The summed E-state index contributed by atoms with van der Waals surface area (Å²) in [5.74, 6) is 2.41. The molecule has 1 heteroatoms. The molecule has 1 fully saturated rings. The summed E-state index contributed by atoms with van der Waals surface area (Å²) in [6.45, 7) is 15.1. The van der Waals surface area contributed by atoms with E-state index in [-0.39, 0.29) is 6.61 Å². The highest BCUT2D eigenvalue weighted by molar-refractivity contribution is 5.49. The fourth-order valence-electron chi connectivity index (χ4n) is 8.54. The smallest absolute Gasteiger partial charge is 0.0639 e. The normalized spacial score (nSPS) is 39.2. The summed E-state index contributed by atoms with van der Waals surface area (Å²) in [7, 11) is 0. The summed E-state index contributed by atoms with van der Waals surface area (Å²) in [5.41, 5.74) is 7.93. The van der Waals surface area contributed by atoms with Crippen LogP contribution in [0.15, 0.2) is 34.4 Å². The van der Waals surface area contributed by atoms with Gasteiger partial charge in [-0.3, -0.25) is 0 Å². The Balaban J connectivity index is 1.56. The maximum atomic E-state index is 9.27. The maximum Gasteiger partial charge on any atom is 0.0639 e. The Morgan fingerprint density at radius 2 is 1.90 bits per heavy atom. The van der Waals surface area contributed by atoms with E-state index in [0.29, 0.717) is 16.2 Å². The third kappa shape index (κ3) is 3.48. The Kier molecular flexibility index (Phi) is 5.93. The monoisotopic (exact) mass is 410 g/mol. The Labute approximate surface area is 186 Å². The SMILES string of the molecule is CC(=CCC[C@@H](C)[C@H]1CC=C2C3=C(CC[C@@]21C)[C@@]1(C)CCCC(C)(C)C1CC3)CO. The molecule has 0 heterocycles. The van der Waals surface area contributed by atoms with Crippen molar-refractivity contribution in [3.05, 3.63) is 34.4 Å². The third-order valence-electron chi connectivity index (χ3n) is 10.2. The number of aliphatic hydroxyl groups excluding tert-OH is 1. The number of hydrogen-bond acceptors (Lipinski definition) is 1. The summed E-state index contributed by atoms with van der Waals surface area (Å²) in [6, 6.07) is 0. The molecule has 0 aromatic carbocycles. The second-order valence-electron chi connectivity index (χ2n) is 12.4. The first-order valence-corrected chi connectivity index (χ1v) is 12.8. The van der Waals surface area contributed by atoms with Gasteiger partial charge in [0.05, 0.1) is 6.61 Å². The molecule has 0 amide bonds. The van der Waals surface area contributed by atoms with Crippen LogP contribution in [0.3, 0.4) is 0 Å². The zero-order chi connectivity index (χ0) is 21.7. The van der Waals surface area contributed by atoms with Gasteiger partial charge < -0.3 is 5.11 Å². The minimum absolute atomic E-state index is 0.203. The van der Waals surface area contributed by atoms with Crippen molar-refractivity contribution in [3.63, 3.8) is 0 Å². The number of hydrogen-bond donors (Lipinski definition) is 1. The average molecular weight is 411 g/mol. The number of aliphatic hydroxyl groups is 1. The molecule has 0 spiro atoms. The highest BCUT2D eigenvalue weighted by atomic mass is 16.3. The van der Waals surface area contributed by atoms with Crippen LogP contribution in [-0.4, -0.2) is 11.7 Å². The van der Waals surface area contributed by atoms with Gasteiger partial charge in [-0.25, -0.2) is 0 Å². The zero-order valence-corrected chi connectivity index (χ0v) is 20.6. The van der Waals surface area contributed by atoms with Crippen molar-refractivity contribution in [1.29, 1.82) is 0 Å². The van der Waals surface area contributed by atoms with E-state index < -0.39 is 0 Å². The lowest BCUT2D eigenvalue weighted by atomic mass is 9.47. The van der Waals surface area contributed by atoms with Crippen LogP contribution in [0.4, 0.5) is 0 Å². The number of rotatable bonds is 5. The largest absolute Gasteiger partial charge is 0.392 e. The summed E-state index contributed by atoms with van der Waals surface area (Å²) < 4.78 is 0. The summed E-state index contributed by atoms with van der Waals surface area (Å²) in [4.78, 5) is 0. The Hall–Kier alpha value is -0.820. The minimum Gasteiger partial charge on any atom is -0.392 e. The Bertz CT molecular complexity index is 765. The highest BCUT2D eigenvalue weighted by Gasteiger charge is 2.55. The topological polar surface area (TPSA) is 20.2 Å². The van der Waals surface area contributed by atoms with Gasteiger partial charge in [0.15, 0.2) is 0 Å². The van der Waals surface area contributed by atoms with Gasteiger partial charge >= 0.3 is 0 Å². The Morgan fingerprint density at radius 1 is 1.13 bits per heavy atom. The molecule has 4 aliphatic rings. The molecule has 5 atom stereocenters. The van der Waals surface area contributed by atoms with Gasteiger partial charge in [0.2, 0.25) is 0 Å². The lowest BCUT2D eigenvalue weighted by Crippen LogP contribution is -2.47. The zero-order valence-electron chi connectivity index (χ0n) is 20.6. The fraction of sp³-hybridized carbons (Fsp3) is 0.793. The first kappa shape index (κ1) is 22.4. The molecule has 1 nitrogen and oxygen atoms in total. The third-order valence-corrected chi connectivity index (χ3v) is 10.2. The molecule has 1 unspecified atom stereocenters. The van der Waals surface area contributed by atoms with Crippen LogP contribution < -0.4 is 0 Å². The molecule has 4 rings (SSSR count). The number of fused-ring (bicyclic) bond motifs is 4. The van der Waals surface area contributed by atoms with Crippen molar-refractivity contribution >= 4 is 0 Å². The molecule has 0 aliphatic heterocycles. The van der Waals surface area contributed by atoms with Crippen LogP contribution in [0.1, 0.15) is 106 Å². The molecule has 0 bridgehead atoms. The van der Waals surface area contributed by atoms with Crippen molar-refractivity contribution in [3.8, 4) is 0 Å². The van der Waals surface area contributed by atoms with Crippen molar-refractivity contribution in [1.82, 2.24) is 0 Å². The van der Waals surface area contributed by atoms with E-state index >= 15 is 0 Å². The van der Waals surface area contributed by atoms with Gasteiger partial charge in [0, 0.05) is 0 Å². The van der Waals surface area contributed by atoms with Crippen LogP contribution >= 0.6 is 0 Å². The lowest BCUT2D eigenvalue weighted by Gasteiger charge is -2.58. The molecule has 0 saturated heterocycles. The van der Waals surface area contributed by atoms with Crippen LogP contribution in [0.25, 0.3) is 0 Å². The molecule has 1 N–H and O–H groups in total. The molecular weight excluding hydrogens is 364 g/mol. The van der Waals surface area contributed by atoms with E-state index in [1.54, 1.807) is 5.57 Å². The highest BCUT2D eigenvalue weighted by Crippen LogP contribution is 2.66. The predicted octanol–water partition coefficient (Wildman–Crippen LogP) is 8.01. The lowest BCUT2D eigenvalue weighted by molar-refractivity contribution is 0.00595. The molecule has 0 aromatic rings. The van der Waals surface area contributed by atoms with E-state index in [2.05, 4.69) is 46.8 Å². The molecule has 1 saturated carbocycles. The van der Waals surface area contributed by atoms with Crippen LogP contribution in [-0.2, 0) is 0 Å². The fourth-order valence-corrected chi connectivity index (χ4v) is 8.54. The van der Waals surface area contributed by atoms with E-state index in [0.717, 1.165) is 29.7 Å². The number of allylic oxidation sites excluding steroid dienone is 5. The van der Waals surface area contributed by atoms with Crippen LogP contribution in [0.5, 0.6) is 0 Å². The first-order valence-electron chi connectivity index (χ1n) is 12.8. The minimum atomic E-state index is 0.203. The molecule has 168 valence electrons. The predicted molar refractivity (Wildman–Crippen MR) is 128 cm³/mol. The van der Waals surface area contributed by atoms with Crippen LogP contribution in [0, 0.1) is 34.0 Å². The Morgan fingerprint density at radius 3 is 2.63 bits per heavy atom. The van der Waals surface area contributed by atoms with Crippen molar-refractivity contribution in [2.75, 3.05) is 6.61 Å². The van der Waals surface area contributed by atoms with Crippen molar-refractivity contribution < 1.29 is 5.11 Å². The molecule has 30 heavy (non-hydrogen) atoms. The van der Waals surface area contributed by atoms with Crippen molar-refractivity contribution in [2.45, 2.75) is 106 Å². The second kappa shape index (κ2) is 7.95. The van der Waals surface area contributed by atoms with E-state index in [1.807, 2.05) is 18.1 Å². The molecular formula is C29H46O. The molecule has 0 aromatic heterocycles. The van der Waals surface area contributed by atoms with Gasteiger partial charge in [-0.1, -0.05) is 64.3 Å². The van der Waals surface area contributed by atoms with E-state index in [4.69, 9.17) is 0 Å². The van der Waals surface area contributed by atoms with Crippen molar-refractivity contribution in [2.24, 2.45) is 34.0 Å². The second-order valence-corrected chi connectivity index (χ2v) is 12.4. The summed E-state index contributed by atoms with van der Waals surface area (Å²) in [5, 5.41) is 9.27. The van der Waals surface area contributed by atoms with Crippen LogP contribution in [0.2, 0.25) is 0 Å². The van der Waals surface area contributed by atoms with Gasteiger partial charge in [0.1, 0.15) is 0 Å². The quantitative estimate of drug-likeness (QED) is 0.455. The summed E-state index contributed by atoms with van der Waals surface area (Å²) >= 11 is 0. The van der Waals surface area contributed by atoms with Gasteiger partial charge in [-0.2, -0.15) is 0 Å². The maximum absolute atomic E-state index is 9.27. The van der Waals surface area contributed by atoms with Gasteiger partial charge in [-0.15, -0.1) is 0 Å². The van der Waals surface area contributed by atoms with E-state index in [9.17, 15) is 5.11 Å². The average Bonchev–Trinajstić information content (AvgIpc) is 3.04. The van der Waals surface area contributed by atoms with Gasteiger partial charge in [0.25, 0.3) is 0 Å². The summed E-state index contributed by atoms with van der Waals surface area (Å²) in [6.07, 6.45) is 18.2. The first-order chi connectivity index (χ1) is 14.1. The molecule has 0 radical (unpaired) electrons.